The molecule has 5 nitrogen and oxygen atoms in total. The van der Waals surface area contributed by atoms with E-state index in [4.69, 9.17) is 27.9 Å². The molecule has 0 aliphatic heterocycles. The molecule has 3 aromatic rings. The molecule has 0 aliphatic carbocycles. The first-order valence-corrected chi connectivity index (χ1v) is 8.07. The SMILES string of the molecule is COc1ccccc1Sc1c(Cl)nc(-c2ncccn2)nc1Cl. The van der Waals surface area contributed by atoms with Crippen LogP contribution in [-0.2, 0) is 0 Å². The van der Waals surface area contributed by atoms with Crippen LogP contribution in [0.1, 0.15) is 0 Å². The number of ether oxygens (including phenoxy) is 1. The van der Waals surface area contributed by atoms with Crippen LogP contribution in [0.25, 0.3) is 11.6 Å². The number of hydrogen-bond acceptors (Lipinski definition) is 6. The summed E-state index contributed by atoms with van der Waals surface area (Å²) >= 11 is 13.9. The lowest BCUT2D eigenvalue weighted by Crippen LogP contribution is -1.97. The minimum absolute atomic E-state index is 0.239. The molecule has 0 unspecified atom stereocenters. The van der Waals surface area contributed by atoms with Crippen LogP contribution in [0.15, 0.2) is 52.5 Å². The summed E-state index contributed by atoms with van der Waals surface area (Å²) in [5.41, 5.74) is 0. The Morgan fingerprint density at radius 2 is 1.57 bits per heavy atom. The molecule has 23 heavy (non-hydrogen) atoms. The summed E-state index contributed by atoms with van der Waals surface area (Å²) in [7, 11) is 1.61. The second kappa shape index (κ2) is 7.12. The van der Waals surface area contributed by atoms with Crippen LogP contribution in [0.3, 0.4) is 0 Å². The predicted octanol–water partition coefficient (Wildman–Crippen LogP) is 4.40. The zero-order chi connectivity index (χ0) is 16.2. The van der Waals surface area contributed by atoms with Crippen molar-refractivity contribution in [2.45, 2.75) is 9.79 Å². The van der Waals surface area contributed by atoms with Crippen molar-refractivity contribution in [3.63, 3.8) is 0 Å². The zero-order valence-corrected chi connectivity index (χ0v) is 14.2. The summed E-state index contributed by atoms with van der Waals surface area (Å²) in [6.45, 7) is 0. The maximum atomic E-state index is 6.28. The van der Waals surface area contributed by atoms with Crippen molar-refractivity contribution in [3.05, 3.63) is 53.0 Å². The molecular weight excluding hydrogens is 355 g/mol. The Morgan fingerprint density at radius 1 is 0.913 bits per heavy atom. The first-order chi connectivity index (χ1) is 11.2. The second-order valence-corrected chi connectivity index (χ2v) is 6.05. The van der Waals surface area contributed by atoms with Gasteiger partial charge in [0, 0.05) is 12.4 Å². The van der Waals surface area contributed by atoms with Gasteiger partial charge in [-0.15, -0.1) is 0 Å². The molecule has 2 aromatic heterocycles. The first kappa shape index (κ1) is 16.0. The molecule has 0 saturated heterocycles. The quantitative estimate of drug-likeness (QED) is 0.639. The van der Waals surface area contributed by atoms with Gasteiger partial charge in [-0.1, -0.05) is 47.1 Å². The van der Waals surface area contributed by atoms with E-state index in [1.54, 1.807) is 25.6 Å². The van der Waals surface area contributed by atoms with Crippen LogP contribution in [0.4, 0.5) is 0 Å². The fourth-order valence-corrected chi connectivity index (χ4v) is 3.31. The molecule has 1 aromatic carbocycles. The zero-order valence-electron chi connectivity index (χ0n) is 11.9. The van der Waals surface area contributed by atoms with Crippen molar-refractivity contribution in [2.75, 3.05) is 7.11 Å². The van der Waals surface area contributed by atoms with Crippen molar-refractivity contribution >= 4 is 35.0 Å². The third kappa shape index (κ3) is 3.55. The Kier molecular flexibility index (Phi) is 4.95. The number of aromatic nitrogens is 4. The lowest BCUT2D eigenvalue weighted by atomic mass is 10.3. The third-order valence-corrected chi connectivity index (χ3v) is 4.75. The van der Waals surface area contributed by atoms with Crippen LogP contribution in [0.2, 0.25) is 10.3 Å². The normalized spacial score (nSPS) is 10.6. The standard InChI is InChI=1S/C15H10Cl2N4OS/c1-22-9-5-2-3-6-10(9)23-11-12(16)20-15(21-13(11)17)14-18-7-4-8-19-14/h2-8H,1H3. The van der Waals surface area contributed by atoms with E-state index in [9.17, 15) is 0 Å². The number of rotatable bonds is 4. The van der Waals surface area contributed by atoms with Gasteiger partial charge in [0.05, 0.1) is 16.9 Å². The summed E-state index contributed by atoms with van der Waals surface area (Å²) in [6, 6.07) is 9.26. The Morgan fingerprint density at radius 3 is 2.22 bits per heavy atom. The summed E-state index contributed by atoms with van der Waals surface area (Å²) in [6.07, 6.45) is 3.20. The highest BCUT2D eigenvalue weighted by molar-refractivity contribution is 7.99. The van der Waals surface area contributed by atoms with E-state index in [1.165, 1.54) is 11.8 Å². The average molecular weight is 365 g/mol. The Labute approximate surface area is 147 Å². The molecule has 0 N–H and O–H groups in total. The highest BCUT2D eigenvalue weighted by Gasteiger charge is 2.17. The highest BCUT2D eigenvalue weighted by atomic mass is 35.5. The minimum atomic E-state index is 0.239. The van der Waals surface area contributed by atoms with Gasteiger partial charge < -0.3 is 4.74 Å². The predicted molar refractivity (Wildman–Crippen MR) is 90.2 cm³/mol. The van der Waals surface area contributed by atoms with E-state index < -0.39 is 0 Å². The number of benzene rings is 1. The smallest absolute Gasteiger partial charge is 0.200 e. The number of halogens is 2. The lowest BCUT2D eigenvalue weighted by molar-refractivity contribution is 0.405. The average Bonchev–Trinajstić information content (AvgIpc) is 2.59. The first-order valence-electron chi connectivity index (χ1n) is 6.50. The number of nitrogens with zero attached hydrogens (tertiary/aromatic N) is 4. The monoisotopic (exact) mass is 364 g/mol. The van der Waals surface area contributed by atoms with Gasteiger partial charge in [-0.2, -0.15) is 0 Å². The molecule has 0 bridgehead atoms. The molecule has 0 amide bonds. The number of para-hydroxylation sites is 1. The lowest BCUT2D eigenvalue weighted by Gasteiger charge is -2.10. The Hall–Kier alpha value is -1.89. The summed E-state index contributed by atoms with van der Waals surface area (Å²) in [5.74, 6) is 1.37. The van der Waals surface area contributed by atoms with E-state index in [0.29, 0.717) is 10.7 Å². The van der Waals surface area contributed by atoms with Crippen molar-refractivity contribution < 1.29 is 4.74 Å². The van der Waals surface area contributed by atoms with Crippen LogP contribution in [-0.4, -0.2) is 27.0 Å². The molecule has 0 atom stereocenters. The third-order valence-electron chi connectivity index (χ3n) is 2.83. The van der Waals surface area contributed by atoms with Crippen molar-refractivity contribution in [2.24, 2.45) is 0 Å². The number of hydrogen-bond donors (Lipinski definition) is 0. The minimum Gasteiger partial charge on any atom is -0.496 e. The molecule has 0 aliphatic rings. The van der Waals surface area contributed by atoms with Gasteiger partial charge in [0.15, 0.2) is 5.82 Å². The van der Waals surface area contributed by atoms with Gasteiger partial charge >= 0.3 is 0 Å². The largest absolute Gasteiger partial charge is 0.496 e. The number of methoxy groups -OCH3 is 1. The molecule has 2 heterocycles. The van der Waals surface area contributed by atoms with E-state index in [-0.39, 0.29) is 16.1 Å². The van der Waals surface area contributed by atoms with Crippen LogP contribution >= 0.6 is 35.0 Å². The van der Waals surface area contributed by atoms with Crippen molar-refractivity contribution in [3.8, 4) is 17.4 Å². The topological polar surface area (TPSA) is 60.8 Å². The van der Waals surface area contributed by atoms with E-state index in [1.807, 2.05) is 24.3 Å². The van der Waals surface area contributed by atoms with Gasteiger partial charge in [-0.25, -0.2) is 19.9 Å². The molecule has 116 valence electrons. The van der Waals surface area contributed by atoms with Gasteiger partial charge in [0.2, 0.25) is 5.82 Å². The summed E-state index contributed by atoms with van der Waals surface area (Å²) in [4.78, 5) is 18.1. The fourth-order valence-electron chi connectivity index (χ4n) is 1.81. The van der Waals surface area contributed by atoms with Crippen molar-refractivity contribution in [1.29, 1.82) is 0 Å². The maximum Gasteiger partial charge on any atom is 0.200 e. The fraction of sp³-hybridized carbons (Fsp3) is 0.0667. The van der Waals surface area contributed by atoms with E-state index in [0.717, 1.165) is 10.6 Å². The van der Waals surface area contributed by atoms with E-state index >= 15 is 0 Å². The Balaban J connectivity index is 1.98. The Bertz CT molecular complexity index is 810. The van der Waals surface area contributed by atoms with Crippen LogP contribution < -0.4 is 4.74 Å². The highest BCUT2D eigenvalue weighted by Crippen LogP contribution is 2.41. The molecular formula is C15H10Cl2N4OS. The maximum absolute atomic E-state index is 6.28. The molecule has 0 saturated carbocycles. The molecule has 0 spiro atoms. The summed E-state index contributed by atoms with van der Waals surface area (Å²) in [5, 5.41) is 0.478. The molecule has 3 rings (SSSR count). The van der Waals surface area contributed by atoms with Crippen LogP contribution in [0.5, 0.6) is 5.75 Å². The van der Waals surface area contributed by atoms with Gasteiger partial charge in [0.1, 0.15) is 16.1 Å². The molecule has 8 heteroatoms. The van der Waals surface area contributed by atoms with Gasteiger partial charge in [-0.05, 0) is 18.2 Å². The van der Waals surface area contributed by atoms with Gasteiger partial charge in [0.25, 0.3) is 0 Å². The van der Waals surface area contributed by atoms with Crippen LogP contribution in [0, 0.1) is 0 Å². The summed E-state index contributed by atoms with van der Waals surface area (Å²) < 4.78 is 5.32. The van der Waals surface area contributed by atoms with Gasteiger partial charge in [-0.3, -0.25) is 0 Å². The molecule has 0 fully saturated rings. The van der Waals surface area contributed by atoms with Crippen molar-refractivity contribution in [1.82, 2.24) is 19.9 Å². The van der Waals surface area contributed by atoms with E-state index in [2.05, 4.69) is 19.9 Å². The second-order valence-electron chi connectivity index (χ2n) is 4.28. The molecule has 0 radical (unpaired) electrons.